The Morgan fingerprint density at radius 2 is 1.87 bits per heavy atom. The van der Waals surface area contributed by atoms with Gasteiger partial charge in [0, 0.05) is 23.1 Å². The molecule has 1 fully saturated rings. The Morgan fingerprint density at radius 1 is 1.06 bits per heavy atom. The third-order valence-corrected chi connectivity index (χ3v) is 7.29. The maximum atomic E-state index is 13.5. The lowest BCUT2D eigenvalue weighted by atomic mass is 9.99. The molecule has 0 atom stereocenters. The summed E-state index contributed by atoms with van der Waals surface area (Å²) < 4.78 is 13.5. The van der Waals surface area contributed by atoms with Crippen molar-refractivity contribution in [3.8, 4) is 21.8 Å². The zero-order valence-corrected chi connectivity index (χ0v) is 18.6. The predicted molar refractivity (Wildman–Crippen MR) is 124 cm³/mol. The molecule has 0 amide bonds. The van der Waals surface area contributed by atoms with Gasteiger partial charge in [0.1, 0.15) is 5.82 Å². The third kappa shape index (κ3) is 4.48. The number of hydrogen-bond donors (Lipinski definition) is 2. The summed E-state index contributed by atoms with van der Waals surface area (Å²) >= 11 is 3.19. The van der Waals surface area contributed by atoms with Crippen molar-refractivity contribution in [2.45, 2.75) is 25.7 Å². The number of benzene rings is 1. The van der Waals surface area contributed by atoms with Crippen LogP contribution >= 0.6 is 22.7 Å². The standard InChI is InChI=1S/C22H21FN6S2/c1-13-12-30-22(26-13)29-21-25-11-8-17(27-21)19-18(14-2-4-16(23)5-3-14)28-20(31-19)15-6-9-24-10-7-15/h2-5,8,11-12,15,24H,6-7,9-10H2,1H3,(H,25,26,27,29). The minimum Gasteiger partial charge on any atom is -0.317 e. The molecule has 4 heterocycles. The van der Waals surface area contributed by atoms with E-state index < -0.39 is 0 Å². The second kappa shape index (κ2) is 8.78. The van der Waals surface area contributed by atoms with Crippen molar-refractivity contribution in [3.05, 3.63) is 58.4 Å². The molecule has 0 unspecified atom stereocenters. The first-order valence-electron chi connectivity index (χ1n) is 10.2. The number of aryl methyl sites for hydroxylation is 1. The monoisotopic (exact) mass is 452 g/mol. The van der Waals surface area contributed by atoms with Crippen LogP contribution in [-0.2, 0) is 0 Å². The smallest absolute Gasteiger partial charge is 0.229 e. The number of aromatic nitrogens is 4. The van der Waals surface area contributed by atoms with Gasteiger partial charge in [0.2, 0.25) is 5.95 Å². The first-order valence-corrected chi connectivity index (χ1v) is 11.9. The van der Waals surface area contributed by atoms with Crippen LogP contribution in [0.3, 0.4) is 0 Å². The quantitative estimate of drug-likeness (QED) is 0.423. The molecule has 31 heavy (non-hydrogen) atoms. The summed E-state index contributed by atoms with van der Waals surface area (Å²) in [6.07, 6.45) is 3.87. The Balaban J connectivity index is 1.54. The Hall–Kier alpha value is -2.75. The molecular formula is C22H21FN6S2. The molecule has 2 N–H and O–H groups in total. The Labute approximate surface area is 187 Å². The number of hydrogen-bond acceptors (Lipinski definition) is 8. The summed E-state index contributed by atoms with van der Waals surface area (Å²) in [5.74, 6) is 0.664. The summed E-state index contributed by atoms with van der Waals surface area (Å²) in [7, 11) is 0. The number of anilines is 2. The lowest BCUT2D eigenvalue weighted by molar-refractivity contribution is 0.459. The van der Waals surface area contributed by atoms with E-state index in [2.05, 4.69) is 20.6 Å². The number of thiazole rings is 2. The minimum absolute atomic E-state index is 0.258. The summed E-state index contributed by atoms with van der Waals surface area (Å²) in [6.45, 7) is 3.95. The van der Waals surface area contributed by atoms with Crippen LogP contribution in [0, 0.1) is 12.7 Å². The number of nitrogens with one attached hydrogen (secondary N) is 2. The molecule has 158 valence electrons. The maximum Gasteiger partial charge on any atom is 0.229 e. The van der Waals surface area contributed by atoms with E-state index in [-0.39, 0.29) is 5.82 Å². The molecule has 5 rings (SSSR count). The normalized spacial score (nSPS) is 14.6. The molecule has 1 aromatic carbocycles. The van der Waals surface area contributed by atoms with Crippen molar-refractivity contribution >= 4 is 33.8 Å². The molecule has 0 saturated carbocycles. The first-order chi connectivity index (χ1) is 15.2. The van der Waals surface area contributed by atoms with Crippen molar-refractivity contribution in [3.63, 3.8) is 0 Å². The van der Waals surface area contributed by atoms with E-state index in [0.29, 0.717) is 11.9 Å². The van der Waals surface area contributed by atoms with Crippen LogP contribution < -0.4 is 10.6 Å². The van der Waals surface area contributed by atoms with Crippen molar-refractivity contribution in [2.24, 2.45) is 0 Å². The molecule has 0 radical (unpaired) electrons. The SMILES string of the molecule is Cc1csc(Nc2nccc(-c3sc(C4CCNCC4)nc3-c3ccc(F)cc3)n2)n1. The summed E-state index contributed by atoms with van der Waals surface area (Å²) in [5, 5.41) is 10.4. The summed E-state index contributed by atoms with van der Waals surface area (Å²) in [4.78, 5) is 19.5. The molecule has 6 nitrogen and oxygen atoms in total. The van der Waals surface area contributed by atoms with Crippen LogP contribution in [-0.4, -0.2) is 33.0 Å². The van der Waals surface area contributed by atoms with E-state index in [4.69, 9.17) is 9.97 Å². The van der Waals surface area contributed by atoms with Gasteiger partial charge in [-0.3, -0.25) is 0 Å². The van der Waals surface area contributed by atoms with Gasteiger partial charge in [-0.1, -0.05) is 0 Å². The van der Waals surface area contributed by atoms with Crippen molar-refractivity contribution in [2.75, 3.05) is 18.4 Å². The molecule has 1 aliphatic rings. The fraction of sp³-hybridized carbons (Fsp3) is 0.273. The van der Waals surface area contributed by atoms with Gasteiger partial charge in [0.25, 0.3) is 0 Å². The number of nitrogens with zero attached hydrogens (tertiary/aromatic N) is 4. The molecular weight excluding hydrogens is 431 g/mol. The highest BCUT2D eigenvalue weighted by Gasteiger charge is 2.23. The van der Waals surface area contributed by atoms with Crippen molar-refractivity contribution in [1.82, 2.24) is 25.3 Å². The number of rotatable bonds is 5. The molecule has 0 aliphatic carbocycles. The van der Waals surface area contributed by atoms with Gasteiger partial charge in [-0.25, -0.2) is 24.3 Å². The van der Waals surface area contributed by atoms with Gasteiger partial charge >= 0.3 is 0 Å². The zero-order valence-electron chi connectivity index (χ0n) is 16.9. The largest absolute Gasteiger partial charge is 0.317 e. The highest BCUT2D eigenvalue weighted by atomic mass is 32.1. The van der Waals surface area contributed by atoms with E-state index in [1.807, 2.05) is 18.4 Å². The lowest BCUT2D eigenvalue weighted by Gasteiger charge is -2.20. The van der Waals surface area contributed by atoms with Gasteiger partial charge in [0.15, 0.2) is 5.13 Å². The minimum atomic E-state index is -0.258. The average molecular weight is 453 g/mol. The summed E-state index contributed by atoms with van der Waals surface area (Å²) in [5.41, 5.74) is 3.48. The third-order valence-electron chi connectivity index (χ3n) is 5.18. The van der Waals surface area contributed by atoms with E-state index in [1.165, 1.54) is 23.5 Å². The molecule has 0 spiro atoms. The van der Waals surface area contributed by atoms with Crippen LogP contribution in [0.25, 0.3) is 21.8 Å². The van der Waals surface area contributed by atoms with Crippen LogP contribution in [0.15, 0.2) is 41.9 Å². The predicted octanol–water partition coefficient (Wildman–Crippen LogP) is 5.38. The van der Waals surface area contributed by atoms with E-state index >= 15 is 0 Å². The molecule has 9 heteroatoms. The molecule has 3 aromatic heterocycles. The fourth-order valence-corrected chi connectivity index (χ4v) is 5.52. The van der Waals surface area contributed by atoms with Gasteiger partial charge in [-0.05, 0) is 63.2 Å². The topological polar surface area (TPSA) is 75.6 Å². The molecule has 0 bridgehead atoms. The molecule has 4 aromatic rings. The Bertz CT molecular complexity index is 1180. The van der Waals surface area contributed by atoms with E-state index in [0.717, 1.165) is 63.6 Å². The molecule has 1 aliphatic heterocycles. The van der Waals surface area contributed by atoms with Crippen molar-refractivity contribution in [1.29, 1.82) is 0 Å². The lowest BCUT2D eigenvalue weighted by Crippen LogP contribution is -2.26. The summed E-state index contributed by atoms with van der Waals surface area (Å²) in [6, 6.07) is 8.39. The first kappa shape index (κ1) is 20.2. The van der Waals surface area contributed by atoms with E-state index in [1.54, 1.807) is 29.7 Å². The van der Waals surface area contributed by atoms with Crippen LogP contribution in [0.4, 0.5) is 15.5 Å². The van der Waals surface area contributed by atoms with E-state index in [9.17, 15) is 4.39 Å². The zero-order chi connectivity index (χ0) is 21.2. The second-order valence-electron chi connectivity index (χ2n) is 7.45. The van der Waals surface area contributed by atoms with Crippen LogP contribution in [0.1, 0.15) is 29.5 Å². The van der Waals surface area contributed by atoms with Crippen molar-refractivity contribution < 1.29 is 4.39 Å². The van der Waals surface area contributed by atoms with Gasteiger partial charge in [-0.15, -0.1) is 22.7 Å². The Kier molecular flexibility index (Phi) is 5.71. The van der Waals surface area contributed by atoms with Gasteiger partial charge in [0.05, 0.1) is 27.0 Å². The average Bonchev–Trinajstić information content (AvgIpc) is 3.42. The highest BCUT2D eigenvalue weighted by Crippen LogP contribution is 2.40. The fourth-order valence-electron chi connectivity index (χ4n) is 3.61. The maximum absolute atomic E-state index is 13.5. The highest BCUT2D eigenvalue weighted by molar-refractivity contribution is 7.15. The number of halogens is 1. The number of piperidine rings is 1. The Morgan fingerprint density at radius 3 is 2.61 bits per heavy atom. The van der Waals surface area contributed by atoms with Gasteiger partial charge < -0.3 is 10.6 Å². The van der Waals surface area contributed by atoms with Crippen LogP contribution in [0.5, 0.6) is 0 Å². The molecule has 1 saturated heterocycles. The van der Waals surface area contributed by atoms with Crippen LogP contribution in [0.2, 0.25) is 0 Å². The second-order valence-corrected chi connectivity index (χ2v) is 9.33. The van der Waals surface area contributed by atoms with Gasteiger partial charge in [-0.2, -0.15) is 0 Å².